The smallest absolute Gasteiger partial charge is 0.160 e. The molecule has 242 valence electrons. The molecule has 0 fully saturated rings. The third-order valence-corrected chi connectivity index (χ3v) is 12.2. The highest BCUT2D eigenvalue weighted by Gasteiger charge is 2.51. The van der Waals surface area contributed by atoms with E-state index in [4.69, 9.17) is 9.97 Å². The van der Waals surface area contributed by atoms with Crippen molar-refractivity contribution < 1.29 is 0 Å². The molecule has 0 unspecified atom stereocenters. The van der Waals surface area contributed by atoms with Crippen molar-refractivity contribution in [3.63, 3.8) is 0 Å². The summed E-state index contributed by atoms with van der Waals surface area (Å²) in [5, 5.41) is 5.12. The molecule has 1 aliphatic carbocycles. The Bertz CT molecular complexity index is 2740. The summed E-state index contributed by atoms with van der Waals surface area (Å²) in [5.41, 5.74) is 12.3. The van der Waals surface area contributed by atoms with E-state index in [2.05, 4.69) is 170 Å². The molecule has 52 heavy (non-hydrogen) atoms. The molecule has 0 saturated heterocycles. The molecule has 0 atom stereocenters. The molecule has 8 aromatic carbocycles. The van der Waals surface area contributed by atoms with Crippen LogP contribution in [0.3, 0.4) is 0 Å². The highest BCUT2D eigenvalue weighted by atomic mass is 32.2. The quantitative estimate of drug-likeness (QED) is 0.186. The van der Waals surface area contributed by atoms with Crippen molar-refractivity contribution in [3.8, 4) is 45.0 Å². The zero-order chi connectivity index (χ0) is 34.2. The molecule has 2 heterocycles. The van der Waals surface area contributed by atoms with Gasteiger partial charge in [-0.2, -0.15) is 0 Å². The molecule has 11 rings (SSSR count). The minimum absolute atomic E-state index is 0.490. The van der Waals surface area contributed by atoms with Crippen LogP contribution in [-0.2, 0) is 5.41 Å². The zero-order valence-corrected chi connectivity index (χ0v) is 28.9. The van der Waals surface area contributed by atoms with Crippen LogP contribution in [0.5, 0.6) is 0 Å². The Kier molecular flexibility index (Phi) is 6.43. The Balaban J connectivity index is 1.20. The first kappa shape index (κ1) is 29.4. The average molecular weight is 679 g/mol. The number of fused-ring (bicyclic) bond motifs is 13. The van der Waals surface area contributed by atoms with E-state index in [1.54, 1.807) is 0 Å². The fraction of sp³-hybridized carbons (Fsp3) is 0.0204. The first-order valence-corrected chi connectivity index (χ1v) is 18.6. The molecular weight excluding hydrogens is 649 g/mol. The molecular formula is C49H30N2S. The molecule has 0 radical (unpaired) electrons. The molecule has 0 amide bonds. The van der Waals surface area contributed by atoms with Gasteiger partial charge in [-0.25, -0.2) is 9.97 Å². The number of aromatic nitrogens is 2. The van der Waals surface area contributed by atoms with Crippen LogP contribution in [0, 0.1) is 0 Å². The second-order valence-corrected chi connectivity index (χ2v) is 14.7. The largest absolute Gasteiger partial charge is 0.228 e. The standard InChI is InChI=1S/C49H30N2S/c1-3-15-33(16-4-1)44-30-45(34-17-5-2-6-18-34)51-48(50-44)35-25-26-41-39(29-35)38-21-11-12-22-40(38)49(41)42-27-23-31-13-7-9-19-36(31)46(42)52-47-37-20-10-8-14-32(37)24-28-43(47)49/h1-30H. The summed E-state index contributed by atoms with van der Waals surface area (Å²) in [7, 11) is 0. The number of hydrogen-bond donors (Lipinski definition) is 0. The summed E-state index contributed by atoms with van der Waals surface area (Å²) in [6.45, 7) is 0. The van der Waals surface area contributed by atoms with Crippen molar-refractivity contribution in [1.82, 2.24) is 9.97 Å². The predicted molar refractivity (Wildman–Crippen MR) is 215 cm³/mol. The van der Waals surface area contributed by atoms with Gasteiger partial charge in [0.15, 0.2) is 5.82 Å². The molecule has 0 saturated carbocycles. The van der Waals surface area contributed by atoms with E-state index >= 15 is 0 Å². The molecule has 2 nitrogen and oxygen atoms in total. The second-order valence-electron chi connectivity index (χ2n) is 13.7. The van der Waals surface area contributed by atoms with E-state index in [0.29, 0.717) is 0 Å². The Hall–Kier alpha value is -6.29. The van der Waals surface area contributed by atoms with Gasteiger partial charge in [-0.3, -0.25) is 0 Å². The van der Waals surface area contributed by atoms with Crippen molar-refractivity contribution in [2.45, 2.75) is 15.2 Å². The van der Waals surface area contributed by atoms with Gasteiger partial charge in [-0.05, 0) is 67.1 Å². The summed E-state index contributed by atoms with van der Waals surface area (Å²) in [4.78, 5) is 13.1. The van der Waals surface area contributed by atoms with Crippen molar-refractivity contribution in [2.24, 2.45) is 0 Å². The van der Waals surface area contributed by atoms with Crippen LogP contribution in [0.15, 0.2) is 192 Å². The Morgan fingerprint density at radius 2 is 0.865 bits per heavy atom. The van der Waals surface area contributed by atoms with Crippen molar-refractivity contribution in [1.29, 1.82) is 0 Å². The van der Waals surface area contributed by atoms with Gasteiger partial charge in [-0.1, -0.05) is 182 Å². The van der Waals surface area contributed by atoms with Gasteiger partial charge in [0, 0.05) is 26.5 Å². The summed E-state index contributed by atoms with van der Waals surface area (Å²) in [5.74, 6) is 0.721. The van der Waals surface area contributed by atoms with E-state index in [9.17, 15) is 0 Å². The van der Waals surface area contributed by atoms with Gasteiger partial charge in [0.25, 0.3) is 0 Å². The van der Waals surface area contributed by atoms with E-state index in [1.807, 2.05) is 23.9 Å². The fourth-order valence-corrected chi connectivity index (χ4v) is 10.1. The van der Waals surface area contributed by atoms with Gasteiger partial charge in [-0.15, -0.1) is 0 Å². The Labute approximate surface area is 306 Å². The van der Waals surface area contributed by atoms with Crippen molar-refractivity contribution >= 4 is 33.3 Å². The van der Waals surface area contributed by atoms with E-state index < -0.39 is 5.41 Å². The minimum atomic E-state index is -0.490. The summed E-state index contributed by atoms with van der Waals surface area (Å²) in [6, 6.07) is 66.0. The van der Waals surface area contributed by atoms with Gasteiger partial charge < -0.3 is 0 Å². The summed E-state index contributed by atoms with van der Waals surface area (Å²) in [6.07, 6.45) is 0. The zero-order valence-electron chi connectivity index (χ0n) is 28.1. The predicted octanol–water partition coefficient (Wildman–Crippen LogP) is 12.6. The number of rotatable bonds is 3. The molecule has 2 aliphatic rings. The average Bonchev–Trinajstić information content (AvgIpc) is 3.51. The number of nitrogens with zero attached hydrogens (tertiary/aromatic N) is 2. The molecule has 9 aromatic rings. The first-order valence-electron chi connectivity index (χ1n) is 17.7. The van der Waals surface area contributed by atoms with Gasteiger partial charge in [0.05, 0.1) is 16.8 Å². The monoisotopic (exact) mass is 678 g/mol. The molecule has 1 aliphatic heterocycles. The third-order valence-electron chi connectivity index (χ3n) is 10.9. The minimum Gasteiger partial charge on any atom is -0.228 e. The van der Waals surface area contributed by atoms with Crippen LogP contribution in [0.25, 0.3) is 66.6 Å². The molecule has 1 aromatic heterocycles. The highest BCUT2D eigenvalue weighted by Crippen LogP contribution is 2.64. The van der Waals surface area contributed by atoms with Gasteiger partial charge in [0.1, 0.15) is 0 Å². The Morgan fingerprint density at radius 3 is 1.48 bits per heavy atom. The first-order chi connectivity index (χ1) is 25.8. The molecule has 0 N–H and O–H groups in total. The van der Waals surface area contributed by atoms with Crippen LogP contribution < -0.4 is 0 Å². The van der Waals surface area contributed by atoms with E-state index in [-0.39, 0.29) is 0 Å². The summed E-state index contributed by atoms with van der Waals surface area (Å²) < 4.78 is 0. The normalized spacial score (nSPS) is 13.5. The lowest BCUT2D eigenvalue weighted by molar-refractivity contribution is 0.729. The van der Waals surface area contributed by atoms with Crippen LogP contribution in [0.4, 0.5) is 0 Å². The van der Waals surface area contributed by atoms with Gasteiger partial charge in [0.2, 0.25) is 0 Å². The van der Waals surface area contributed by atoms with Crippen molar-refractivity contribution in [3.05, 3.63) is 204 Å². The number of hydrogen-bond acceptors (Lipinski definition) is 3. The lowest BCUT2D eigenvalue weighted by Crippen LogP contribution is -2.32. The van der Waals surface area contributed by atoms with Crippen LogP contribution in [-0.4, -0.2) is 9.97 Å². The Morgan fingerprint density at radius 1 is 0.365 bits per heavy atom. The lowest BCUT2D eigenvalue weighted by atomic mass is 9.66. The topological polar surface area (TPSA) is 25.8 Å². The van der Waals surface area contributed by atoms with E-state index in [1.165, 1.54) is 64.7 Å². The van der Waals surface area contributed by atoms with Crippen LogP contribution in [0.2, 0.25) is 0 Å². The second kappa shape index (κ2) is 11.4. The van der Waals surface area contributed by atoms with Crippen LogP contribution in [0.1, 0.15) is 22.3 Å². The maximum absolute atomic E-state index is 5.21. The van der Waals surface area contributed by atoms with Crippen molar-refractivity contribution in [2.75, 3.05) is 0 Å². The summed E-state index contributed by atoms with van der Waals surface area (Å²) >= 11 is 1.93. The maximum atomic E-state index is 5.21. The van der Waals surface area contributed by atoms with Gasteiger partial charge >= 0.3 is 0 Å². The molecule has 1 spiro atoms. The number of benzene rings is 8. The molecule has 3 heteroatoms. The van der Waals surface area contributed by atoms with E-state index in [0.717, 1.165) is 33.9 Å². The third kappa shape index (κ3) is 4.20. The fourth-order valence-electron chi connectivity index (χ4n) is 8.64. The highest BCUT2D eigenvalue weighted by molar-refractivity contribution is 8.00. The SMILES string of the molecule is c1ccc(-c2cc(-c3ccccc3)nc(-c3ccc4c(c3)-c3ccccc3C43c4ccc5ccccc5c4Sc4c3ccc3ccccc43)n2)cc1. The maximum Gasteiger partial charge on any atom is 0.160 e. The molecule has 0 bridgehead atoms. The lowest BCUT2D eigenvalue weighted by Gasteiger charge is -2.40. The van der Waals surface area contributed by atoms with Crippen LogP contribution >= 0.6 is 11.8 Å².